The summed E-state index contributed by atoms with van der Waals surface area (Å²) in [5, 5.41) is 3.15. The number of hydrogen-bond acceptors (Lipinski definition) is 0. The average Bonchev–Trinajstić information content (AvgIpc) is 3.21. The van der Waals surface area contributed by atoms with Crippen LogP contribution in [0.1, 0.15) is 28.1 Å². The fraction of sp³-hybridized carbons (Fsp3) is 0.103. The van der Waals surface area contributed by atoms with Crippen LogP contribution in [0.4, 0.5) is 0 Å². The van der Waals surface area contributed by atoms with Crippen molar-refractivity contribution >= 4 is 21.9 Å². The molecule has 4 aromatic rings. The quantitative estimate of drug-likeness (QED) is 0.303. The zero-order valence-corrected chi connectivity index (χ0v) is 23.5. The monoisotopic (exact) mass is 561 g/mol. The van der Waals surface area contributed by atoms with Gasteiger partial charge in [-0.2, -0.15) is 0 Å². The smallest absolute Gasteiger partial charge is 1.00 e. The molecule has 1 atom stereocenters. The first-order chi connectivity index (χ1) is 15.3. The molecule has 0 aliphatic heterocycles. The summed E-state index contributed by atoms with van der Waals surface area (Å²) in [5.41, 5.74) is 6.71. The maximum Gasteiger partial charge on any atom is -1.00 e. The molecule has 0 aromatic heterocycles. The van der Waals surface area contributed by atoms with Crippen molar-refractivity contribution in [2.45, 2.75) is 17.0 Å². The molecule has 1 unspecified atom stereocenters. The first kappa shape index (κ1) is 25.9. The van der Waals surface area contributed by atoms with Gasteiger partial charge in [0.1, 0.15) is 0 Å². The van der Waals surface area contributed by atoms with E-state index in [9.17, 15) is 0 Å². The van der Waals surface area contributed by atoms with Gasteiger partial charge in [-0.25, -0.2) is 0 Å². The number of halogens is 2. The van der Waals surface area contributed by atoms with Crippen LogP contribution >= 0.6 is 0 Å². The third kappa shape index (κ3) is 5.52. The predicted molar refractivity (Wildman–Crippen MR) is 131 cm³/mol. The van der Waals surface area contributed by atoms with E-state index in [4.69, 9.17) is 0 Å². The van der Waals surface area contributed by atoms with Gasteiger partial charge in [-0.3, -0.25) is 0 Å². The second kappa shape index (κ2) is 12.1. The van der Waals surface area contributed by atoms with E-state index in [1.165, 1.54) is 16.7 Å². The molecule has 0 amide bonds. The van der Waals surface area contributed by atoms with Crippen molar-refractivity contribution in [2.24, 2.45) is 0 Å². The van der Waals surface area contributed by atoms with Crippen LogP contribution in [0.25, 0.3) is 17.2 Å². The molecular weight excluding hydrogens is 539 g/mol. The Labute approximate surface area is 221 Å². The Kier molecular flexibility index (Phi) is 9.53. The van der Waals surface area contributed by atoms with Gasteiger partial charge in [-0.1, -0.05) is 0 Å². The van der Waals surface area contributed by atoms with Crippen LogP contribution in [0, 0.1) is 0 Å². The second-order valence-corrected chi connectivity index (χ2v) is 17.4. The van der Waals surface area contributed by atoms with Gasteiger partial charge >= 0.3 is 198 Å². The van der Waals surface area contributed by atoms with Gasteiger partial charge in [0.25, 0.3) is 0 Å². The molecule has 1 aliphatic rings. The molecule has 163 valence electrons. The number of allylic oxidation sites excluding steroid dienone is 1. The van der Waals surface area contributed by atoms with Crippen LogP contribution < -0.4 is 35.2 Å². The van der Waals surface area contributed by atoms with Gasteiger partial charge in [0, 0.05) is 0 Å². The molecule has 4 heteroatoms. The summed E-state index contributed by atoms with van der Waals surface area (Å²) in [4.78, 5) is 0. The van der Waals surface area contributed by atoms with Crippen LogP contribution in [0.15, 0.2) is 115 Å². The number of hydrogen-bond donors (Lipinski definition) is 0. The van der Waals surface area contributed by atoms with E-state index in [1.807, 2.05) is 0 Å². The Morgan fingerprint density at radius 3 is 1.76 bits per heavy atom. The molecule has 0 saturated heterocycles. The molecule has 0 nitrogen and oxygen atoms in total. The largest absolute Gasteiger partial charge is 1.00 e. The zero-order valence-electron chi connectivity index (χ0n) is 18.5. The van der Waals surface area contributed by atoms with E-state index in [0.717, 1.165) is 6.42 Å². The van der Waals surface area contributed by atoms with E-state index in [1.54, 1.807) is 21.5 Å². The van der Waals surface area contributed by atoms with Crippen molar-refractivity contribution < 1.29 is 46.7 Å². The molecule has 4 aromatic carbocycles. The van der Waals surface area contributed by atoms with E-state index < -0.39 is 27.3 Å². The standard InChI is InChI=1S/C17H15.C12H10Si.2ClH.Zr/c1-2-13-11-15-9-6-10-16(17(15)12-13)14-7-4-3-5-8-14;1-3-7-11(8-4-1)13-12-9-5-2-6-10-12;;;/h3-12H,2H2,1H3;1-10H;2*1H;/q;;;;+2/p-2. The third-order valence-corrected chi connectivity index (χ3v) is 18.6. The van der Waals surface area contributed by atoms with Gasteiger partial charge in [0.05, 0.1) is 0 Å². The summed E-state index contributed by atoms with van der Waals surface area (Å²) in [6, 6.07) is 40.5. The summed E-state index contributed by atoms with van der Waals surface area (Å²) in [5.74, 6) is 0. The van der Waals surface area contributed by atoms with Gasteiger partial charge in [0.15, 0.2) is 0 Å². The molecule has 5 rings (SSSR count). The summed E-state index contributed by atoms with van der Waals surface area (Å²) < 4.78 is 0.668. The summed E-state index contributed by atoms with van der Waals surface area (Å²) >= 11 is -0.788. The first-order valence-electron chi connectivity index (χ1n) is 11.0. The minimum atomic E-state index is -0.788. The van der Waals surface area contributed by atoms with Crippen LogP contribution in [-0.4, -0.2) is 5.43 Å². The van der Waals surface area contributed by atoms with E-state index in [0.29, 0.717) is 3.63 Å². The van der Waals surface area contributed by atoms with E-state index in [2.05, 4.69) is 122 Å². The Morgan fingerprint density at radius 2 is 1.21 bits per heavy atom. The van der Waals surface area contributed by atoms with Crippen molar-refractivity contribution in [2.75, 3.05) is 0 Å². The average molecular weight is 564 g/mol. The molecule has 1 aliphatic carbocycles. The molecule has 0 N–H and O–H groups in total. The maximum absolute atomic E-state index is 2.53. The van der Waals surface area contributed by atoms with Gasteiger partial charge in [-0.05, 0) is 0 Å². The Bertz CT molecular complexity index is 1210. The maximum atomic E-state index is 2.53. The summed E-state index contributed by atoms with van der Waals surface area (Å²) in [6.45, 7) is 2.34. The minimum Gasteiger partial charge on any atom is -1.00 e. The molecule has 0 heterocycles. The number of benzene rings is 4. The Morgan fingerprint density at radius 1 is 0.667 bits per heavy atom. The first-order valence-corrected chi connectivity index (χ1v) is 17.6. The van der Waals surface area contributed by atoms with Crippen molar-refractivity contribution in [3.8, 4) is 11.1 Å². The van der Waals surface area contributed by atoms with Crippen molar-refractivity contribution in [1.29, 1.82) is 0 Å². The fourth-order valence-electron chi connectivity index (χ4n) is 4.50. The van der Waals surface area contributed by atoms with Gasteiger partial charge in [-0.15, -0.1) is 0 Å². The molecular formula is C29H25Cl2SiZr. The Hall–Kier alpha value is -1.70. The minimum absolute atomic E-state index is 0. The van der Waals surface area contributed by atoms with Crippen molar-refractivity contribution in [3.63, 3.8) is 0 Å². The van der Waals surface area contributed by atoms with Crippen LogP contribution in [0.3, 0.4) is 0 Å². The molecule has 0 spiro atoms. The second-order valence-electron chi connectivity index (χ2n) is 7.93. The molecule has 0 bridgehead atoms. The summed E-state index contributed by atoms with van der Waals surface area (Å²) in [7, 11) is 0. The molecule has 0 saturated carbocycles. The van der Waals surface area contributed by atoms with Crippen molar-refractivity contribution in [1.82, 2.24) is 0 Å². The normalized spacial score (nSPS) is 13.6. The van der Waals surface area contributed by atoms with E-state index >= 15 is 0 Å². The zero-order chi connectivity index (χ0) is 21.0. The SMILES string of the molecule is CCC1=Cc2c(-c3ccccc3)cccc2[CH]1[Zr+2]=[Si](c1ccccc1)c1ccccc1.[Cl-].[Cl-]. The predicted octanol–water partition coefficient (Wildman–Crippen LogP) is 0.0981. The third-order valence-electron chi connectivity index (χ3n) is 6.06. The Balaban J connectivity index is 0.00000153. The van der Waals surface area contributed by atoms with Gasteiger partial charge < -0.3 is 24.8 Å². The van der Waals surface area contributed by atoms with E-state index in [-0.39, 0.29) is 24.8 Å². The van der Waals surface area contributed by atoms with Crippen molar-refractivity contribution in [3.05, 3.63) is 126 Å². The molecule has 0 radical (unpaired) electrons. The molecule has 33 heavy (non-hydrogen) atoms. The van der Waals surface area contributed by atoms with Gasteiger partial charge in [0.2, 0.25) is 0 Å². The van der Waals surface area contributed by atoms with Crippen LogP contribution in [0.2, 0.25) is 0 Å². The number of fused-ring (bicyclic) bond motifs is 1. The number of rotatable bonds is 5. The fourth-order valence-corrected chi connectivity index (χ4v) is 17.7. The molecule has 0 fully saturated rings. The van der Waals surface area contributed by atoms with Crippen LogP contribution in [-0.2, 0) is 21.9 Å². The van der Waals surface area contributed by atoms with Crippen LogP contribution in [0.5, 0.6) is 0 Å². The topological polar surface area (TPSA) is 0 Å². The summed E-state index contributed by atoms with van der Waals surface area (Å²) in [6.07, 6.45) is 3.67.